The van der Waals surface area contributed by atoms with Crippen LogP contribution in [0.15, 0.2) is 42.6 Å². The van der Waals surface area contributed by atoms with Gasteiger partial charge in [0, 0.05) is 6.20 Å². The van der Waals surface area contributed by atoms with E-state index in [0.29, 0.717) is 17.3 Å². The Balaban J connectivity index is 2.51. The van der Waals surface area contributed by atoms with Crippen LogP contribution in [-0.2, 0) is 6.18 Å². The van der Waals surface area contributed by atoms with E-state index in [9.17, 15) is 13.2 Å². The molecule has 6 heteroatoms. The first-order chi connectivity index (χ1) is 9.93. The minimum atomic E-state index is -4.41. The van der Waals surface area contributed by atoms with E-state index in [1.807, 2.05) is 6.92 Å². The third kappa shape index (κ3) is 3.74. The normalized spacial score (nSPS) is 13.2. The number of alkyl halides is 3. The van der Waals surface area contributed by atoms with Crippen molar-refractivity contribution in [3.63, 3.8) is 0 Å². The molecule has 2 rings (SSSR count). The molecule has 2 aromatic rings. The van der Waals surface area contributed by atoms with Gasteiger partial charge >= 0.3 is 6.18 Å². The van der Waals surface area contributed by atoms with E-state index >= 15 is 0 Å². The number of hydrogen-bond donors (Lipinski definition) is 1. The monoisotopic (exact) mass is 314 g/mol. The Labute approximate surface area is 126 Å². The first-order valence-corrected chi connectivity index (χ1v) is 6.82. The molecule has 112 valence electrons. The second-order valence-electron chi connectivity index (χ2n) is 4.48. The van der Waals surface area contributed by atoms with Gasteiger partial charge in [0.05, 0.1) is 22.3 Å². The van der Waals surface area contributed by atoms with Crippen molar-refractivity contribution in [3.8, 4) is 0 Å². The van der Waals surface area contributed by atoms with Crippen molar-refractivity contribution < 1.29 is 13.2 Å². The Morgan fingerprint density at radius 1 is 1.19 bits per heavy atom. The van der Waals surface area contributed by atoms with Gasteiger partial charge < -0.3 is 5.32 Å². The number of aromatic nitrogens is 1. The number of rotatable bonds is 4. The van der Waals surface area contributed by atoms with E-state index < -0.39 is 17.8 Å². The van der Waals surface area contributed by atoms with Crippen molar-refractivity contribution >= 4 is 11.6 Å². The first kappa shape index (κ1) is 15.8. The van der Waals surface area contributed by atoms with Crippen LogP contribution in [0.25, 0.3) is 0 Å². The predicted molar refractivity (Wildman–Crippen MR) is 76.2 cm³/mol. The largest absolute Gasteiger partial charge is 0.416 e. The molecule has 0 bridgehead atoms. The molecule has 1 atom stereocenters. The van der Waals surface area contributed by atoms with Gasteiger partial charge in [-0.15, -0.1) is 0 Å². The molecule has 1 heterocycles. The highest BCUT2D eigenvalue weighted by Gasteiger charge is 2.35. The van der Waals surface area contributed by atoms with Gasteiger partial charge in [0.15, 0.2) is 0 Å². The van der Waals surface area contributed by atoms with Crippen molar-refractivity contribution in [2.24, 2.45) is 0 Å². The SMILES string of the molecule is CCNC(c1ccc(Cl)cn1)c1ccccc1C(F)(F)F. The fourth-order valence-corrected chi connectivity index (χ4v) is 2.25. The van der Waals surface area contributed by atoms with E-state index in [2.05, 4.69) is 10.3 Å². The molecule has 0 amide bonds. The molecule has 0 aliphatic heterocycles. The Morgan fingerprint density at radius 2 is 1.90 bits per heavy atom. The average Bonchev–Trinajstić information content (AvgIpc) is 2.45. The lowest BCUT2D eigenvalue weighted by Gasteiger charge is -2.22. The topological polar surface area (TPSA) is 24.9 Å². The maximum Gasteiger partial charge on any atom is 0.416 e. The van der Waals surface area contributed by atoms with E-state index in [1.54, 1.807) is 18.2 Å². The zero-order valence-corrected chi connectivity index (χ0v) is 12.0. The van der Waals surface area contributed by atoms with Crippen molar-refractivity contribution in [2.45, 2.75) is 19.1 Å². The smallest absolute Gasteiger partial charge is 0.305 e. The van der Waals surface area contributed by atoms with Gasteiger partial charge in [-0.05, 0) is 30.3 Å². The Bertz CT molecular complexity index is 597. The van der Waals surface area contributed by atoms with Crippen LogP contribution < -0.4 is 5.32 Å². The van der Waals surface area contributed by atoms with Crippen molar-refractivity contribution in [3.05, 3.63) is 64.4 Å². The zero-order chi connectivity index (χ0) is 15.5. The molecular weight excluding hydrogens is 301 g/mol. The zero-order valence-electron chi connectivity index (χ0n) is 11.3. The van der Waals surface area contributed by atoms with Crippen LogP contribution in [0.5, 0.6) is 0 Å². The third-order valence-electron chi connectivity index (χ3n) is 3.03. The van der Waals surface area contributed by atoms with Crippen LogP contribution in [0.3, 0.4) is 0 Å². The summed E-state index contributed by atoms with van der Waals surface area (Å²) in [5.74, 6) is 0. The standard InChI is InChI=1S/C15H14ClF3N2/c1-2-20-14(13-8-7-10(16)9-21-13)11-5-3-4-6-12(11)15(17,18)19/h3-9,14,20H,2H2,1H3. The van der Waals surface area contributed by atoms with Gasteiger partial charge in [-0.3, -0.25) is 4.98 Å². The molecule has 1 aromatic carbocycles. The number of benzene rings is 1. The fourth-order valence-electron chi connectivity index (χ4n) is 2.14. The summed E-state index contributed by atoms with van der Waals surface area (Å²) < 4.78 is 39.5. The summed E-state index contributed by atoms with van der Waals surface area (Å²) in [6.45, 7) is 2.35. The maximum atomic E-state index is 13.2. The lowest BCUT2D eigenvalue weighted by Crippen LogP contribution is -2.25. The van der Waals surface area contributed by atoms with Gasteiger partial charge in [-0.2, -0.15) is 13.2 Å². The second kappa shape index (κ2) is 6.45. The lowest BCUT2D eigenvalue weighted by atomic mass is 9.97. The molecule has 1 unspecified atom stereocenters. The highest BCUT2D eigenvalue weighted by atomic mass is 35.5. The molecule has 1 N–H and O–H groups in total. The molecule has 21 heavy (non-hydrogen) atoms. The summed E-state index contributed by atoms with van der Waals surface area (Å²) in [6.07, 6.45) is -2.98. The van der Waals surface area contributed by atoms with E-state index in [0.717, 1.165) is 6.07 Å². The Morgan fingerprint density at radius 3 is 2.48 bits per heavy atom. The highest BCUT2D eigenvalue weighted by molar-refractivity contribution is 6.30. The number of pyridine rings is 1. The molecule has 0 saturated carbocycles. The molecule has 1 aromatic heterocycles. The molecule has 0 aliphatic rings. The highest BCUT2D eigenvalue weighted by Crippen LogP contribution is 2.36. The number of hydrogen-bond acceptors (Lipinski definition) is 2. The molecule has 0 fully saturated rings. The predicted octanol–water partition coefficient (Wildman–Crippen LogP) is 4.45. The van der Waals surface area contributed by atoms with Crippen molar-refractivity contribution in [2.75, 3.05) is 6.54 Å². The summed E-state index contributed by atoms with van der Waals surface area (Å²) in [7, 11) is 0. The Kier molecular flexibility index (Phi) is 4.85. The molecule has 2 nitrogen and oxygen atoms in total. The second-order valence-corrected chi connectivity index (χ2v) is 4.91. The number of halogens is 4. The van der Waals surface area contributed by atoms with Crippen LogP contribution in [0.4, 0.5) is 13.2 Å². The van der Waals surface area contributed by atoms with Crippen molar-refractivity contribution in [1.29, 1.82) is 0 Å². The molecule has 0 aliphatic carbocycles. The number of nitrogens with zero attached hydrogens (tertiary/aromatic N) is 1. The lowest BCUT2D eigenvalue weighted by molar-refractivity contribution is -0.138. The molecular formula is C15H14ClF3N2. The summed E-state index contributed by atoms with van der Waals surface area (Å²) in [5, 5.41) is 3.48. The van der Waals surface area contributed by atoms with Crippen LogP contribution in [0.2, 0.25) is 5.02 Å². The molecule has 0 radical (unpaired) electrons. The summed E-state index contributed by atoms with van der Waals surface area (Å²) >= 11 is 5.78. The third-order valence-corrected chi connectivity index (χ3v) is 3.26. The van der Waals surface area contributed by atoms with Gasteiger partial charge in [0.2, 0.25) is 0 Å². The quantitative estimate of drug-likeness (QED) is 0.901. The van der Waals surface area contributed by atoms with Gasteiger partial charge in [0.25, 0.3) is 0 Å². The van der Waals surface area contributed by atoms with Crippen LogP contribution in [-0.4, -0.2) is 11.5 Å². The van der Waals surface area contributed by atoms with E-state index in [4.69, 9.17) is 11.6 Å². The van der Waals surface area contributed by atoms with Gasteiger partial charge in [-0.1, -0.05) is 36.7 Å². The van der Waals surface area contributed by atoms with Crippen molar-refractivity contribution in [1.82, 2.24) is 10.3 Å². The molecule has 0 spiro atoms. The van der Waals surface area contributed by atoms with Gasteiger partial charge in [0.1, 0.15) is 0 Å². The summed E-state index contributed by atoms with van der Waals surface area (Å²) in [4.78, 5) is 4.13. The minimum absolute atomic E-state index is 0.154. The first-order valence-electron chi connectivity index (χ1n) is 6.44. The van der Waals surface area contributed by atoms with E-state index in [-0.39, 0.29) is 5.56 Å². The van der Waals surface area contributed by atoms with Crippen LogP contribution in [0, 0.1) is 0 Å². The van der Waals surface area contributed by atoms with E-state index in [1.165, 1.54) is 18.3 Å². The summed E-state index contributed by atoms with van der Waals surface area (Å²) in [6, 6.07) is 8.12. The Hall–Kier alpha value is -1.59. The minimum Gasteiger partial charge on any atom is -0.305 e. The molecule has 0 saturated heterocycles. The van der Waals surface area contributed by atoms with Gasteiger partial charge in [-0.25, -0.2) is 0 Å². The summed E-state index contributed by atoms with van der Waals surface area (Å²) in [5.41, 5.74) is -0.00711. The number of nitrogens with one attached hydrogen (secondary N) is 1. The van der Waals surface area contributed by atoms with Crippen LogP contribution >= 0.6 is 11.6 Å². The fraction of sp³-hybridized carbons (Fsp3) is 0.267. The van der Waals surface area contributed by atoms with Crippen LogP contribution in [0.1, 0.15) is 29.8 Å². The average molecular weight is 315 g/mol. The maximum absolute atomic E-state index is 13.2.